The fourth-order valence-corrected chi connectivity index (χ4v) is 4.48. The van der Waals surface area contributed by atoms with Crippen LogP contribution in [-0.2, 0) is 16.6 Å². The van der Waals surface area contributed by atoms with Gasteiger partial charge in [-0.15, -0.1) is 0 Å². The molecule has 28 heavy (non-hydrogen) atoms. The fraction of sp³-hybridized carbons (Fsp3) is 0.190. The van der Waals surface area contributed by atoms with Gasteiger partial charge in [-0.25, -0.2) is 8.42 Å². The summed E-state index contributed by atoms with van der Waals surface area (Å²) in [5.41, 5.74) is 3.52. The van der Waals surface area contributed by atoms with Gasteiger partial charge in [0, 0.05) is 18.5 Å². The van der Waals surface area contributed by atoms with E-state index in [9.17, 15) is 8.42 Å². The van der Waals surface area contributed by atoms with Gasteiger partial charge in [0.05, 0.1) is 17.1 Å². The van der Waals surface area contributed by atoms with Crippen molar-refractivity contribution in [1.29, 1.82) is 0 Å². The summed E-state index contributed by atoms with van der Waals surface area (Å²) in [5.74, 6) is 0.978. The van der Waals surface area contributed by atoms with Crippen LogP contribution in [0.4, 0.5) is 5.69 Å². The van der Waals surface area contributed by atoms with Crippen LogP contribution in [-0.4, -0.2) is 20.2 Å². The Morgan fingerprint density at radius 3 is 2.57 bits per heavy atom. The number of fused-ring (bicyclic) bond motifs is 1. The Labute approximate surface area is 164 Å². The Kier molecular flexibility index (Phi) is 4.68. The zero-order valence-corrected chi connectivity index (χ0v) is 16.4. The molecule has 0 radical (unpaired) electrons. The van der Waals surface area contributed by atoms with Gasteiger partial charge < -0.3 is 9.47 Å². The lowest BCUT2D eigenvalue weighted by Gasteiger charge is -2.25. The summed E-state index contributed by atoms with van der Waals surface area (Å²) in [7, 11) is -3.83. The third-order valence-corrected chi connectivity index (χ3v) is 6.53. The monoisotopic (exact) mass is 396 g/mol. The molecule has 2 aromatic carbocycles. The first-order valence-electron chi connectivity index (χ1n) is 8.84. The van der Waals surface area contributed by atoms with Crippen LogP contribution in [0.2, 0.25) is 0 Å². The highest BCUT2D eigenvalue weighted by molar-refractivity contribution is 7.92. The average molecular weight is 396 g/mol. The van der Waals surface area contributed by atoms with Crippen molar-refractivity contribution in [3.8, 4) is 11.5 Å². The normalized spacial score (nSPS) is 12.8. The third-order valence-electron chi connectivity index (χ3n) is 4.76. The molecule has 0 spiro atoms. The smallest absolute Gasteiger partial charge is 0.264 e. The van der Waals surface area contributed by atoms with E-state index in [1.807, 2.05) is 38.1 Å². The van der Waals surface area contributed by atoms with Gasteiger partial charge in [0.1, 0.15) is 0 Å². The number of benzene rings is 2. The summed E-state index contributed by atoms with van der Waals surface area (Å²) < 4.78 is 39.1. The number of hydrogen-bond acceptors (Lipinski definition) is 5. The summed E-state index contributed by atoms with van der Waals surface area (Å²) in [5, 5.41) is 0. The summed E-state index contributed by atoms with van der Waals surface area (Å²) in [6, 6.07) is 14.0. The quantitative estimate of drug-likeness (QED) is 0.656. The number of anilines is 1. The molecule has 4 rings (SSSR count). The molecule has 3 aromatic rings. The Morgan fingerprint density at radius 1 is 1.00 bits per heavy atom. The molecule has 0 aliphatic carbocycles. The molecule has 2 heterocycles. The first-order chi connectivity index (χ1) is 13.4. The zero-order chi connectivity index (χ0) is 19.7. The molecular formula is C21H20N2O4S. The van der Waals surface area contributed by atoms with Crippen molar-refractivity contribution in [2.45, 2.75) is 25.3 Å². The van der Waals surface area contributed by atoms with Gasteiger partial charge in [-0.05, 0) is 60.9 Å². The van der Waals surface area contributed by atoms with E-state index in [0.29, 0.717) is 17.2 Å². The molecule has 1 aromatic heterocycles. The Hall–Kier alpha value is -3.06. The van der Waals surface area contributed by atoms with Crippen LogP contribution >= 0.6 is 0 Å². The fourth-order valence-electron chi connectivity index (χ4n) is 3.02. The van der Waals surface area contributed by atoms with Gasteiger partial charge in [0.15, 0.2) is 11.5 Å². The maximum absolute atomic E-state index is 13.5. The van der Waals surface area contributed by atoms with Crippen LogP contribution in [0.3, 0.4) is 0 Å². The largest absolute Gasteiger partial charge is 0.454 e. The van der Waals surface area contributed by atoms with Crippen molar-refractivity contribution in [1.82, 2.24) is 4.98 Å². The van der Waals surface area contributed by atoms with Crippen molar-refractivity contribution in [3.63, 3.8) is 0 Å². The third kappa shape index (κ3) is 3.41. The van der Waals surface area contributed by atoms with E-state index >= 15 is 0 Å². The Balaban J connectivity index is 1.80. The minimum atomic E-state index is -3.83. The maximum atomic E-state index is 13.5. The number of hydrogen-bond donors (Lipinski definition) is 0. The van der Waals surface area contributed by atoms with Crippen LogP contribution < -0.4 is 13.8 Å². The van der Waals surface area contributed by atoms with Gasteiger partial charge in [-0.3, -0.25) is 9.29 Å². The molecule has 0 fully saturated rings. The SMILES string of the molecule is Cc1ccc(N(Cc2cccnc2)S(=O)(=O)c2ccc3c(c2)OCO3)cc1C. The Morgan fingerprint density at radius 2 is 1.82 bits per heavy atom. The highest BCUT2D eigenvalue weighted by atomic mass is 32.2. The van der Waals surface area contributed by atoms with Crippen molar-refractivity contribution in [2.24, 2.45) is 0 Å². The molecule has 6 nitrogen and oxygen atoms in total. The maximum Gasteiger partial charge on any atom is 0.264 e. The summed E-state index contributed by atoms with van der Waals surface area (Å²) >= 11 is 0. The van der Waals surface area contributed by atoms with Crippen LogP contribution in [0.25, 0.3) is 0 Å². The average Bonchev–Trinajstić information content (AvgIpc) is 3.17. The molecule has 0 unspecified atom stereocenters. The number of aryl methyl sites for hydroxylation is 2. The van der Waals surface area contributed by atoms with E-state index in [1.165, 1.54) is 10.4 Å². The molecule has 0 N–H and O–H groups in total. The Bertz CT molecular complexity index is 1110. The highest BCUT2D eigenvalue weighted by Crippen LogP contribution is 2.36. The lowest BCUT2D eigenvalue weighted by atomic mass is 10.1. The van der Waals surface area contributed by atoms with E-state index in [1.54, 1.807) is 30.6 Å². The number of nitrogens with zero attached hydrogens (tertiary/aromatic N) is 2. The van der Waals surface area contributed by atoms with Crippen molar-refractivity contribution in [3.05, 3.63) is 77.6 Å². The second kappa shape index (κ2) is 7.16. The number of ether oxygens (including phenoxy) is 2. The molecule has 0 saturated carbocycles. The van der Waals surface area contributed by atoms with Gasteiger partial charge in [0.25, 0.3) is 10.0 Å². The van der Waals surface area contributed by atoms with Crippen LogP contribution in [0.1, 0.15) is 16.7 Å². The van der Waals surface area contributed by atoms with Crippen LogP contribution in [0.15, 0.2) is 65.8 Å². The van der Waals surface area contributed by atoms with E-state index in [-0.39, 0.29) is 18.2 Å². The van der Waals surface area contributed by atoms with Crippen LogP contribution in [0, 0.1) is 13.8 Å². The standard InChI is InChI=1S/C21H20N2O4S/c1-15-5-6-18(10-16(15)2)23(13-17-4-3-9-22-12-17)28(24,25)19-7-8-20-21(11-19)27-14-26-20/h3-12H,13-14H2,1-2H3. The number of pyridine rings is 1. The van der Waals surface area contributed by atoms with E-state index in [0.717, 1.165) is 16.7 Å². The van der Waals surface area contributed by atoms with Gasteiger partial charge >= 0.3 is 0 Å². The first-order valence-corrected chi connectivity index (χ1v) is 10.3. The number of aromatic nitrogens is 1. The zero-order valence-electron chi connectivity index (χ0n) is 15.6. The van der Waals surface area contributed by atoms with Crippen molar-refractivity contribution in [2.75, 3.05) is 11.1 Å². The second-order valence-electron chi connectivity index (χ2n) is 6.66. The molecule has 144 valence electrons. The van der Waals surface area contributed by atoms with Gasteiger partial charge in [0.2, 0.25) is 6.79 Å². The predicted molar refractivity (Wildman–Crippen MR) is 106 cm³/mol. The summed E-state index contributed by atoms with van der Waals surface area (Å²) in [6.45, 7) is 4.23. The van der Waals surface area contributed by atoms with Crippen LogP contribution in [0.5, 0.6) is 11.5 Å². The number of sulfonamides is 1. The molecule has 7 heteroatoms. The van der Waals surface area contributed by atoms with Crippen molar-refractivity contribution >= 4 is 15.7 Å². The topological polar surface area (TPSA) is 68.7 Å². The van der Waals surface area contributed by atoms with Gasteiger partial charge in [-0.1, -0.05) is 12.1 Å². The first kappa shape index (κ1) is 18.3. The molecule has 0 saturated heterocycles. The van der Waals surface area contributed by atoms with E-state index in [4.69, 9.17) is 9.47 Å². The predicted octanol–water partition coefficient (Wildman–Crippen LogP) is 3.82. The molecule has 0 atom stereocenters. The minimum Gasteiger partial charge on any atom is -0.454 e. The minimum absolute atomic E-state index is 0.0926. The molecule has 1 aliphatic heterocycles. The lowest BCUT2D eigenvalue weighted by Crippen LogP contribution is -2.30. The van der Waals surface area contributed by atoms with E-state index < -0.39 is 10.0 Å². The molecule has 1 aliphatic rings. The summed E-state index contributed by atoms with van der Waals surface area (Å²) in [4.78, 5) is 4.26. The molecule has 0 amide bonds. The molecular weight excluding hydrogens is 376 g/mol. The van der Waals surface area contributed by atoms with Gasteiger partial charge in [-0.2, -0.15) is 0 Å². The number of rotatable bonds is 5. The highest BCUT2D eigenvalue weighted by Gasteiger charge is 2.28. The molecule has 0 bridgehead atoms. The summed E-state index contributed by atoms with van der Waals surface area (Å²) in [6.07, 6.45) is 3.33. The lowest BCUT2D eigenvalue weighted by molar-refractivity contribution is 0.174. The van der Waals surface area contributed by atoms with E-state index in [2.05, 4.69) is 4.98 Å². The second-order valence-corrected chi connectivity index (χ2v) is 8.52. The van der Waals surface area contributed by atoms with Crippen molar-refractivity contribution < 1.29 is 17.9 Å².